The molecule has 0 spiro atoms. The van der Waals surface area contributed by atoms with E-state index < -0.39 is 6.04 Å². The fourth-order valence-corrected chi connectivity index (χ4v) is 4.10. The lowest BCUT2D eigenvalue weighted by atomic mass is 10.0. The van der Waals surface area contributed by atoms with E-state index in [1.165, 1.54) is 11.3 Å². The van der Waals surface area contributed by atoms with Crippen molar-refractivity contribution in [2.45, 2.75) is 26.3 Å². The highest BCUT2D eigenvalue weighted by Gasteiger charge is 2.24. The summed E-state index contributed by atoms with van der Waals surface area (Å²) >= 11 is 1.35. The number of thiophene rings is 1. The van der Waals surface area contributed by atoms with Gasteiger partial charge in [0.1, 0.15) is 6.04 Å². The van der Waals surface area contributed by atoms with Crippen molar-refractivity contribution in [2.24, 2.45) is 0 Å². The number of hydrogen-bond acceptors (Lipinski definition) is 3. The van der Waals surface area contributed by atoms with Crippen molar-refractivity contribution in [1.82, 2.24) is 10.3 Å². The van der Waals surface area contributed by atoms with E-state index >= 15 is 0 Å². The van der Waals surface area contributed by atoms with Crippen LogP contribution in [0.15, 0.2) is 66.2 Å². The van der Waals surface area contributed by atoms with Crippen molar-refractivity contribution >= 4 is 39.7 Å². The average Bonchev–Trinajstić information content (AvgIpc) is 3.41. The maximum atomic E-state index is 13.2. The van der Waals surface area contributed by atoms with E-state index in [2.05, 4.69) is 15.6 Å². The van der Waals surface area contributed by atoms with Gasteiger partial charge in [-0.2, -0.15) is 0 Å². The molecule has 4 aromatic rings. The van der Waals surface area contributed by atoms with Gasteiger partial charge in [-0.05, 0) is 54.1 Å². The Morgan fingerprint density at radius 2 is 1.87 bits per heavy atom. The molecule has 1 unspecified atom stereocenters. The number of para-hydroxylation sites is 1. The van der Waals surface area contributed by atoms with Gasteiger partial charge >= 0.3 is 0 Å². The van der Waals surface area contributed by atoms with Gasteiger partial charge in [0.05, 0.1) is 4.88 Å². The summed E-state index contributed by atoms with van der Waals surface area (Å²) in [5.74, 6) is -0.482. The van der Waals surface area contributed by atoms with Gasteiger partial charge in [-0.3, -0.25) is 9.59 Å². The number of fused-ring (bicyclic) bond motifs is 1. The minimum Gasteiger partial charge on any atom is -0.361 e. The Morgan fingerprint density at radius 3 is 2.67 bits per heavy atom. The summed E-state index contributed by atoms with van der Waals surface area (Å²) < 4.78 is 0. The van der Waals surface area contributed by atoms with Gasteiger partial charge in [-0.15, -0.1) is 11.3 Å². The third kappa shape index (κ3) is 4.14. The largest absolute Gasteiger partial charge is 0.361 e. The van der Waals surface area contributed by atoms with Gasteiger partial charge < -0.3 is 15.6 Å². The molecule has 0 aliphatic rings. The van der Waals surface area contributed by atoms with Crippen LogP contribution in [-0.4, -0.2) is 22.8 Å². The maximum absolute atomic E-state index is 13.2. The first-order chi connectivity index (χ1) is 14.5. The number of carbonyl (C=O) groups excluding carboxylic acids is 2. The van der Waals surface area contributed by atoms with E-state index in [-0.39, 0.29) is 11.8 Å². The molecular weight excluding hydrogens is 394 g/mol. The fraction of sp³-hybridized carbons (Fsp3) is 0.167. The fourth-order valence-electron chi connectivity index (χ4n) is 3.47. The van der Waals surface area contributed by atoms with E-state index in [4.69, 9.17) is 0 Å². The van der Waals surface area contributed by atoms with Crippen LogP contribution in [0.3, 0.4) is 0 Å². The van der Waals surface area contributed by atoms with Crippen molar-refractivity contribution in [2.75, 3.05) is 5.32 Å². The van der Waals surface area contributed by atoms with E-state index in [1.807, 2.05) is 74.0 Å². The molecule has 152 valence electrons. The van der Waals surface area contributed by atoms with Gasteiger partial charge in [-0.25, -0.2) is 0 Å². The molecule has 2 heterocycles. The smallest absolute Gasteiger partial charge is 0.262 e. The second-order valence-electron chi connectivity index (χ2n) is 7.30. The number of amides is 2. The lowest BCUT2D eigenvalue weighted by Crippen LogP contribution is -2.45. The van der Waals surface area contributed by atoms with Gasteiger partial charge in [-0.1, -0.05) is 36.4 Å². The summed E-state index contributed by atoms with van der Waals surface area (Å²) in [6.07, 6.45) is 2.29. The summed E-state index contributed by atoms with van der Waals surface area (Å²) in [5.41, 5.74) is 4.86. The molecule has 2 aromatic heterocycles. The number of nitrogens with one attached hydrogen (secondary N) is 3. The molecule has 0 aliphatic carbocycles. The normalized spacial score (nSPS) is 11.9. The number of aryl methyl sites for hydroxylation is 1. The zero-order chi connectivity index (χ0) is 21.1. The summed E-state index contributed by atoms with van der Waals surface area (Å²) in [5, 5.41) is 8.82. The Balaban J connectivity index is 1.61. The average molecular weight is 418 g/mol. The Bertz CT molecular complexity index is 1190. The number of anilines is 1. The highest BCUT2D eigenvalue weighted by atomic mass is 32.1. The number of aromatic amines is 1. The standard InChI is InChI=1S/C24H23N3O2S/c1-15-7-5-10-19(16(15)2)26-23(28)21(27-24(29)22-11-6-12-30-22)13-17-14-25-20-9-4-3-8-18(17)20/h3-12,14,21,25H,13H2,1-2H3,(H,26,28)(H,27,29). The number of carbonyl (C=O) groups is 2. The number of rotatable bonds is 6. The highest BCUT2D eigenvalue weighted by Crippen LogP contribution is 2.22. The Hall–Kier alpha value is -3.38. The van der Waals surface area contributed by atoms with Crippen molar-refractivity contribution in [1.29, 1.82) is 0 Å². The third-order valence-corrected chi connectivity index (χ3v) is 6.20. The van der Waals surface area contributed by atoms with E-state index in [1.54, 1.807) is 6.07 Å². The highest BCUT2D eigenvalue weighted by molar-refractivity contribution is 7.12. The molecule has 30 heavy (non-hydrogen) atoms. The van der Waals surface area contributed by atoms with Gasteiger partial charge in [0.2, 0.25) is 5.91 Å². The zero-order valence-electron chi connectivity index (χ0n) is 16.9. The topological polar surface area (TPSA) is 74.0 Å². The van der Waals surface area contributed by atoms with Crippen molar-refractivity contribution in [3.05, 3.63) is 87.7 Å². The van der Waals surface area contributed by atoms with Crippen molar-refractivity contribution in [3.63, 3.8) is 0 Å². The second-order valence-corrected chi connectivity index (χ2v) is 8.25. The van der Waals surface area contributed by atoms with Crippen LogP contribution in [0.1, 0.15) is 26.4 Å². The number of hydrogen-bond donors (Lipinski definition) is 3. The molecule has 0 radical (unpaired) electrons. The predicted molar refractivity (Wildman–Crippen MR) is 122 cm³/mol. The zero-order valence-corrected chi connectivity index (χ0v) is 17.7. The van der Waals surface area contributed by atoms with E-state index in [9.17, 15) is 9.59 Å². The molecule has 0 fully saturated rings. The van der Waals surface area contributed by atoms with E-state index in [0.717, 1.165) is 33.3 Å². The molecule has 5 nitrogen and oxygen atoms in total. The monoisotopic (exact) mass is 417 g/mol. The first-order valence-corrected chi connectivity index (χ1v) is 10.7. The van der Waals surface area contributed by atoms with Crippen molar-refractivity contribution in [3.8, 4) is 0 Å². The first-order valence-electron chi connectivity index (χ1n) is 9.79. The SMILES string of the molecule is Cc1cccc(NC(=O)C(Cc2c[nH]c3ccccc23)NC(=O)c2cccs2)c1C. The molecule has 6 heteroatoms. The summed E-state index contributed by atoms with van der Waals surface area (Å²) in [7, 11) is 0. The van der Waals surface area contributed by atoms with E-state index in [0.29, 0.717) is 11.3 Å². The molecule has 0 saturated heterocycles. The molecule has 0 aliphatic heterocycles. The van der Waals surface area contributed by atoms with Crippen LogP contribution in [0.2, 0.25) is 0 Å². The molecule has 2 aromatic carbocycles. The Kier molecular flexibility index (Phi) is 5.68. The minimum atomic E-state index is -0.710. The molecule has 1 atom stereocenters. The third-order valence-electron chi connectivity index (χ3n) is 5.33. The Morgan fingerprint density at radius 1 is 1.03 bits per heavy atom. The lowest BCUT2D eigenvalue weighted by Gasteiger charge is -2.19. The summed E-state index contributed by atoms with van der Waals surface area (Å²) in [4.78, 5) is 29.7. The van der Waals surface area contributed by atoms with Crippen molar-refractivity contribution < 1.29 is 9.59 Å². The number of H-pyrrole nitrogens is 1. The maximum Gasteiger partial charge on any atom is 0.262 e. The molecule has 4 rings (SSSR count). The van der Waals surface area contributed by atoms with Crippen LogP contribution < -0.4 is 10.6 Å². The summed E-state index contributed by atoms with van der Waals surface area (Å²) in [6.45, 7) is 3.98. The lowest BCUT2D eigenvalue weighted by molar-refractivity contribution is -0.118. The Labute approximate surface area is 179 Å². The molecule has 3 N–H and O–H groups in total. The first kappa shape index (κ1) is 19.9. The molecule has 0 bridgehead atoms. The van der Waals surface area contributed by atoms with Gasteiger partial charge in [0, 0.05) is 29.2 Å². The van der Waals surface area contributed by atoms with Crippen LogP contribution in [0.4, 0.5) is 5.69 Å². The summed E-state index contributed by atoms with van der Waals surface area (Å²) in [6, 6.07) is 16.6. The van der Waals surface area contributed by atoms with Crippen LogP contribution >= 0.6 is 11.3 Å². The van der Waals surface area contributed by atoms with Gasteiger partial charge in [0.25, 0.3) is 5.91 Å². The van der Waals surface area contributed by atoms with Crippen LogP contribution in [0, 0.1) is 13.8 Å². The quantitative estimate of drug-likeness (QED) is 0.421. The molecule has 2 amide bonds. The predicted octanol–water partition coefficient (Wildman–Crippen LogP) is 4.83. The van der Waals surface area contributed by atoms with Crippen LogP contribution in [0.25, 0.3) is 10.9 Å². The number of aromatic nitrogens is 1. The second kappa shape index (κ2) is 8.55. The molecule has 0 saturated carbocycles. The van der Waals surface area contributed by atoms with Gasteiger partial charge in [0.15, 0.2) is 0 Å². The number of benzene rings is 2. The molecular formula is C24H23N3O2S. The minimum absolute atomic E-state index is 0.237. The van der Waals surface area contributed by atoms with Crippen LogP contribution in [0.5, 0.6) is 0 Å². The van der Waals surface area contributed by atoms with Crippen LogP contribution in [-0.2, 0) is 11.2 Å².